The fourth-order valence-corrected chi connectivity index (χ4v) is 2.63. The Balaban J connectivity index is 1.89. The molecule has 1 aliphatic rings. The monoisotopic (exact) mass is 334 g/mol. The molecule has 1 aliphatic heterocycles. The lowest BCUT2D eigenvalue weighted by Gasteiger charge is -2.32. The third-order valence-electron chi connectivity index (χ3n) is 3.78. The minimum absolute atomic E-state index is 0.344. The lowest BCUT2D eigenvalue weighted by molar-refractivity contribution is -0.312. The van der Waals surface area contributed by atoms with Crippen molar-refractivity contribution in [3.8, 4) is 0 Å². The normalized spacial score (nSPS) is 16.6. The summed E-state index contributed by atoms with van der Waals surface area (Å²) in [6, 6.07) is 3.68. The van der Waals surface area contributed by atoms with Gasteiger partial charge in [-0.2, -0.15) is 0 Å². The SMILES string of the molecule is CC(C)(C)OC(=O)Nc1cc(CN2CCC(C(=O)[O-])CC2)ccn1. The van der Waals surface area contributed by atoms with Gasteiger partial charge in [-0.25, -0.2) is 9.78 Å². The van der Waals surface area contributed by atoms with E-state index in [1.807, 2.05) is 6.07 Å². The van der Waals surface area contributed by atoms with Crippen LogP contribution < -0.4 is 10.4 Å². The summed E-state index contributed by atoms with van der Waals surface area (Å²) < 4.78 is 5.20. The zero-order valence-corrected chi connectivity index (χ0v) is 14.4. The van der Waals surface area contributed by atoms with Gasteiger partial charge in [0.1, 0.15) is 11.4 Å². The van der Waals surface area contributed by atoms with Gasteiger partial charge in [0.25, 0.3) is 0 Å². The second-order valence-electron chi connectivity index (χ2n) is 7.05. The van der Waals surface area contributed by atoms with Crippen molar-refractivity contribution in [2.45, 2.75) is 45.8 Å². The van der Waals surface area contributed by atoms with Gasteiger partial charge >= 0.3 is 6.09 Å². The van der Waals surface area contributed by atoms with Crippen molar-refractivity contribution in [3.05, 3.63) is 23.9 Å². The molecule has 0 aliphatic carbocycles. The molecule has 132 valence electrons. The van der Waals surface area contributed by atoms with E-state index < -0.39 is 17.7 Å². The highest BCUT2D eigenvalue weighted by atomic mass is 16.6. The van der Waals surface area contributed by atoms with Crippen LogP contribution in [0.5, 0.6) is 0 Å². The first-order valence-corrected chi connectivity index (χ1v) is 8.11. The maximum atomic E-state index is 11.8. The highest BCUT2D eigenvalue weighted by Gasteiger charge is 2.20. The predicted molar refractivity (Wildman–Crippen MR) is 87.1 cm³/mol. The molecule has 0 saturated carbocycles. The largest absolute Gasteiger partial charge is 0.550 e. The predicted octanol–water partition coefficient (Wildman–Crippen LogP) is 1.39. The molecule has 24 heavy (non-hydrogen) atoms. The topological polar surface area (TPSA) is 94.6 Å². The Morgan fingerprint density at radius 2 is 2.04 bits per heavy atom. The highest BCUT2D eigenvalue weighted by Crippen LogP contribution is 2.19. The number of amides is 1. The Labute approximate surface area is 142 Å². The quantitative estimate of drug-likeness (QED) is 0.894. The van der Waals surface area contributed by atoms with Gasteiger partial charge in [0.2, 0.25) is 0 Å². The molecule has 0 atom stereocenters. The van der Waals surface area contributed by atoms with E-state index >= 15 is 0 Å². The number of likely N-dealkylation sites (tertiary alicyclic amines) is 1. The molecule has 1 aromatic heterocycles. The van der Waals surface area contributed by atoms with Crippen LogP contribution in [0.2, 0.25) is 0 Å². The van der Waals surface area contributed by atoms with E-state index in [1.54, 1.807) is 33.0 Å². The van der Waals surface area contributed by atoms with Crippen LogP contribution in [0.4, 0.5) is 10.6 Å². The molecule has 0 radical (unpaired) electrons. The number of hydrogen-bond donors (Lipinski definition) is 1. The van der Waals surface area contributed by atoms with Crippen LogP contribution in [0.25, 0.3) is 0 Å². The Morgan fingerprint density at radius 3 is 2.62 bits per heavy atom. The van der Waals surface area contributed by atoms with E-state index in [0.29, 0.717) is 25.2 Å². The van der Waals surface area contributed by atoms with Crippen molar-refractivity contribution in [2.75, 3.05) is 18.4 Å². The molecule has 7 heteroatoms. The Morgan fingerprint density at radius 1 is 1.38 bits per heavy atom. The van der Waals surface area contributed by atoms with Crippen molar-refractivity contribution >= 4 is 17.9 Å². The summed E-state index contributed by atoms with van der Waals surface area (Å²) in [5, 5.41) is 13.5. The van der Waals surface area contributed by atoms with Crippen LogP contribution in [0.1, 0.15) is 39.2 Å². The Bertz CT molecular complexity index is 590. The van der Waals surface area contributed by atoms with Gasteiger partial charge in [-0.1, -0.05) is 0 Å². The smallest absolute Gasteiger partial charge is 0.413 e. The number of carbonyl (C=O) groups is 2. The average Bonchev–Trinajstić information content (AvgIpc) is 2.46. The Kier molecular flexibility index (Phi) is 5.77. The van der Waals surface area contributed by atoms with Crippen molar-refractivity contribution < 1.29 is 19.4 Å². The van der Waals surface area contributed by atoms with Gasteiger partial charge in [0.05, 0.1) is 0 Å². The van der Waals surface area contributed by atoms with E-state index in [2.05, 4.69) is 15.2 Å². The summed E-state index contributed by atoms with van der Waals surface area (Å²) >= 11 is 0. The van der Waals surface area contributed by atoms with E-state index in [0.717, 1.165) is 18.7 Å². The van der Waals surface area contributed by atoms with E-state index in [1.165, 1.54) is 0 Å². The molecule has 7 nitrogen and oxygen atoms in total. The molecular formula is C17H24N3O4-. The van der Waals surface area contributed by atoms with Crippen LogP contribution in [-0.2, 0) is 16.1 Å². The summed E-state index contributed by atoms with van der Waals surface area (Å²) in [7, 11) is 0. The molecule has 1 saturated heterocycles. The number of pyridine rings is 1. The first-order chi connectivity index (χ1) is 11.2. The van der Waals surface area contributed by atoms with Crippen molar-refractivity contribution in [1.82, 2.24) is 9.88 Å². The van der Waals surface area contributed by atoms with Gasteiger partial charge in [-0.05, 0) is 64.4 Å². The van der Waals surface area contributed by atoms with Crippen LogP contribution in [0.3, 0.4) is 0 Å². The molecule has 2 rings (SSSR count). The highest BCUT2D eigenvalue weighted by molar-refractivity contribution is 5.83. The molecule has 1 amide bonds. The number of nitrogens with one attached hydrogen (secondary N) is 1. The average molecular weight is 334 g/mol. The molecule has 0 spiro atoms. The number of nitrogens with zero attached hydrogens (tertiary/aromatic N) is 2. The second-order valence-corrected chi connectivity index (χ2v) is 7.05. The standard InChI is InChI=1S/C17H25N3O4/c1-17(2,3)24-16(23)19-14-10-12(4-7-18-14)11-20-8-5-13(6-9-20)15(21)22/h4,7,10,13H,5-6,8-9,11H2,1-3H3,(H,21,22)(H,18,19,23)/p-1. The van der Waals surface area contributed by atoms with Gasteiger partial charge in [0, 0.05) is 24.6 Å². The number of carboxylic acid groups (broad SMARTS) is 1. The lowest BCUT2D eigenvalue weighted by Crippen LogP contribution is -2.40. The minimum atomic E-state index is -0.956. The van der Waals surface area contributed by atoms with Crippen LogP contribution in [-0.4, -0.2) is 40.6 Å². The molecule has 2 heterocycles. The summed E-state index contributed by atoms with van der Waals surface area (Å²) in [6.45, 7) is 7.52. The van der Waals surface area contributed by atoms with E-state index in [-0.39, 0.29) is 5.92 Å². The lowest BCUT2D eigenvalue weighted by atomic mass is 9.97. The zero-order chi connectivity index (χ0) is 17.7. The molecule has 1 aromatic rings. The zero-order valence-electron chi connectivity index (χ0n) is 14.4. The van der Waals surface area contributed by atoms with Crippen LogP contribution >= 0.6 is 0 Å². The van der Waals surface area contributed by atoms with Gasteiger partial charge in [-0.3, -0.25) is 10.2 Å². The summed E-state index contributed by atoms with van der Waals surface area (Å²) in [5.74, 6) is -0.864. The molecule has 1 fully saturated rings. The van der Waals surface area contributed by atoms with Gasteiger partial charge < -0.3 is 14.6 Å². The third-order valence-corrected chi connectivity index (χ3v) is 3.78. The maximum absolute atomic E-state index is 11.8. The number of piperidine rings is 1. The van der Waals surface area contributed by atoms with E-state index in [9.17, 15) is 14.7 Å². The number of carboxylic acids is 1. The third kappa shape index (κ3) is 5.81. The van der Waals surface area contributed by atoms with Gasteiger partial charge in [0.15, 0.2) is 0 Å². The van der Waals surface area contributed by atoms with Gasteiger partial charge in [-0.15, -0.1) is 0 Å². The summed E-state index contributed by atoms with van der Waals surface area (Å²) in [5.41, 5.74) is 0.438. The van der Waals surface area contributed by atoms with Crippen LogP contribution in [0.15, 0.2) is 18.3 Å². The molecule has 1 N–H and O–H groups in total. The molecule has 0 unspecified atom stereocenters. The summed E-state index contributed by atoms with van der Waals surface area (Å²) in [4.78, 5) is 29.0. The van der Waals surface area contributed by atoms with Crippen LogP contribution in [0, 0.1) is 5.92 Å². The molecule has 0 bridgehead atoms. The minimum Gasteiger partial charge on any atom is -0.550 e. The maximum Gasteiger partial charge on any atom is 0.413 e. The van der Waals surface area contributed by atoms with Crippen molar-refractivity contribution in [1.29, 1.82) is 0 Å². The fourth-order valence-electron chi connectivity index (χ4n) is 2.63. The Hall–Kier alpha value is -2.15. The summed E-state index contributed by atoms with van der Waals surface area (Å²) in [6.07, 6.45) is 2.31. The van der Waals surface area contributed by atoms with Crippen molar-refractivity contribution in [2.24, 2.45) is 5.92 Å². The first kappa shape index (κ1) is 18.2. The number of aliphatic carboxylic acids is 1. The fraction of sp³-hybridized carbons (Fsp3) is 0.588. The number of ether oxygens (including phenoxy) is 1. The molecule has 0 aromatic carbocycles. The number of rotatable bonds is 4. The number of aromatic nitrogens is 1. The van der Waals surface area contributed by atoms with E-state index in [4.69, 9.17) is 4.74 Å². The van der Waals surface area contributed by atoms with Crippen molar-refractivity contribution in [3.63, 3.8) is 0 Å². The number of anilines is 1. The number of hydrogen-bond acceptors (Lipinski definition) is 6. The first-order valence-electron chi connectivity index (χ1n) is 8.11. The second kappa shape index (κ2) is 7.61. The molecular weight excluding hydrogens is 310 g/mol. The number of carbonyl (C=O) groups excluding carboxylic acids is 2.